The smallest absolute Gasteiger partial charge is 0.258 e. The third-order valence-corrected chi connectivity index (χ3v) is 7.88. The van der Waals surface area contributed by atoms with Crippen LogP contribution in [0.2, 0.25) is 0 Å². The summed E-state index contributed by atoms with van der Waals surface area (Å²) in [7, 11) is 0. The molecule has 0 aliphatic heterocycles. The average molecular weight is 442 g/mol. The van der Waals surface area contributed by atoms with Crippen molar-refractivity contribution in [2.24, 2.45) is 0 Å². The maximum Gasteiger partial charge on any atom is 0.258 e. The highest BCUT2D eigenvalue weighted by Crippen LogP contribution is 2.37. The molecule has 0 amide bonds. The highest BCUT2D eigenvalue weighted by Gasteiger charge is 2.22. The molecule has 0 bridgehead atoms. The number of rotatable bonds is 6. The molecular formula is C20H19N5OS3. The third kappa shape index (κ3) is 3.47. The van der Waals surface area contributed by atoms with E-state index in [0.717, 1.165) is 23.1 Å². The van der Waals surface area contributed by atoms with E-state index in [9.17, 15) is 4.79 Å². The van der Waals surface area contributed by atoms with E-state index in [1.165, 1.54) is 46.6 Å². The molecule has 0 saturated carbocycles. The van der Waals surface area contributed by atoms with Crippen molar-refractivity contribution in [1.29, 1.82) is 0 Å². The predicted octanol–water partition coefficient (Wildman–Crippen LogP) is 4.43. The van der Waals surface area contributed by atoms with Crippen LogP contribution >= 0.6 is 34.4 Å². The summed E-state index contributed by atoms with van der Waals surface area (Å²) in [6, 6.07) is 1.59. The molecule has 0 radical (unpaired) electrons. The molecule has 0 unspecified atom stereocenters. The van der Waals surface area contributed by atoms with Crippen LogP contribution in [0.15, 0.2) is 45.6 Å². The Balaban J connectivity index is 1.45. The minimum Gasteiger partial charge on any atom is -0.298 e. The highest BCUT2D eigenvalue weighted by molar-refractivity contribution is 7.98. The molecule has 0 N–H and O–H groups in total. The number of nitrogens with zero attached hydrogens (tertiary/aromatic N) is 5. The van der Waals surface area contributed by atoms with E-state index in [0.29, 0.717) is 17.3 Å². The van der Waals surface area contributed by atoms with Crippen LogP contribution in [0.4, 0.5) is 0 Å². The first-order chi connectivity index (χ1) is 14.2. The minimum absolute atomic E-state index is 0.0509. The first-order valence-electron chi connectivity index (χ1n) is 9.47. The van der Waals surface area contributed by atoms with Crippen molar-refractivity contribution in [2.45, 2.75) is 43.1 Å². The first kappa shape index (κ1) is 18.8. The van der Waals surface area contributed by atoms with E-state index in [4.69, 9.17) is 0 Å². The number of hydrogen-bond donors (Lipinski definition) is 0. The summed E-state index contributed by atoms with van der Waals surface area (Å²) in [5.74, 6) is 1.48. The summed E-state index contributed by atoms with van der Waals surface area (Å²) < 4.78 is 3.68. The second kappa shape index (κ2) is 7.89. The second-order valence-electron chi connectivity index (χ2n) is 6.89. The van der Waals surface area contributed by atoms with E-state index in [-0.39, 0.29) is 5.56 Å². The second-order valence-corrected chi connectivity index (χ2v) is 9.67. The molecule has 1 aliphatic carbocycles. The zero-order valence-electron chi connectivity index (χ0n) is 15.7. The van der Waals surface area contributed by atoms with E-state index in [2.05, 4.69) is 31.7 Å². The number of allylic oxidation sites excluding steroid dienone is 1. The first-order valence-corrected chi connectivity index (χ1v) is 12.2. The van der Waals surface area contributed by atoms with Crippen LogP contribution < -0.4 is 5.56 Å². The molecule has 4 heterocycles. The van der Waals surface area contributed by atoms with Gasteiger partial charge in [0.2, 0.25) is 0 Å². The van der Waals surface area contributed by atoms with E-state index in [1.807, 2.05) is 22.8 Å². The summed E-state index contributed by atoms with van der Waals surface area (Å²) in [4.78, 5) is 19.0. The van der Waals surface area contributed by atoms with Crippen molar-refractivity contribution >= 4 is 39.4 Å². The Hall–Kier alpha value is -2.23. The van der Waals surface area contributed by atoms with Gasteiger partial charge in [-0.1, -0.05) is 17.8 Å². The molecule has 6 nitrogen and oxygen atoms in total. The Morgan fingerprint density at radius 1 is 1.24 bits per heavy atom. The molecule has 4 aromatic rings. The zero-order chi connectivity index (χ0) is 19.8. The normalized spacial score (nSPS) is 13.7. The summed E-state index contributed by atoms with van der Waals surface area (Å²) in [5, 5.41) is 13.9. The van der Waals surface area contributed by atoms with Gasteiger partial charge in [-0.25, -0.2) is 4.98 Å². The van der Waals surface area contributed by atoms with Crippen LogP contribution in [0.1, 0.15) is 29.0 Å². The summed E-state index contributed by atoms with van der Waals surface area (Å²) in [6.45, 7) is 4.55. The summed E-state index contributed by atoms with van der Waals surface area (Å²) >= 11 is 4.85. The van der Waals surface area contributed by atoms with Crippen molar-refractivity contribution < 1.29 is 0 Å². The molecule has 5 rings (SSSR count). The highest BCUT2D eigenvalue weighted by atomic mass is 32.2. The summed E-state index contributed by atoms with van der Waals surface area (Å²) in [5.41, 5.74) is 3.35. The molecule has 4 aromatic heterocycles. The van der Waals surface area contributed by atoms with Crippen LogP contribution in [-0.4, -0.2) is 24.1 Å². The topological polar surface area (TPSA) is 65.1 Å². The number of fused-ring (bicyclic) bond motifs is 2. The van der Waals surface area contributed by atoms with Crippen LogP contribution in [-0.2, 0) is 25.1 Å². The average Bonchev–Trinajstić information content (AvgIpc) is 3.45. The fourth-order valence-corrected chi connectivity index (χ4v) is 6.37. The quantitative estimate of drug-likeness (QED) is 0.327. The van der Waals surface area contributed by atoms with Gasteiger partial charge in [0.25, 0.3) is 5.56 Å². The zero-order valence-corrected chi connectivity index (χ0v) is 18.2. The van der Waals surface area contributed by atoms with Gasteiger partial charge in [0, 0.05) is 45.8 Å². The molecule has 0 saturated heterocycles. The molecule has 0 aromatic carbocycles. The molecule has 29 heavy (non-hydrogen) atoms. The standard InChI is InChI=1S/C20H19N5OS3/c1-2-7-25-18(15-12-28-16-6-4-3-5-14(15)16)22-23-20(25)29-11-13-10-17(26)24-8-9-27-19(24)21-13/h2,8-10,12H,1,3-7,11H2. The van der Waals surface area contributed by atoms with Crippen LogP contribution in [0.3, 0.4) is 0 Å². The molecule has 9 heteroatoms. The minimum atomic E-state index is -0.0509. The number of thiophene rings is 1. The van der Waals surface area contributed by atoms with Gasteiger partial charge >= 0.3 is 0 Å². The van der Waals surface area contributed by atoms with E-state index >= 15 is 0 Å². The Morgan fingerprint density at radius 3 is 3.03 bits per heavy atom. The van der Waals surface area contributed by atoms with Crippen LogP contribution in [0, 0.1) is 0 Å². The van der Waals surface area contributed by atoms with Crippen LogP contribution in [0.5, 0.6) is 0 Å². The van der Waals surface area contributed by atoms with Crippen molar-refractivity contribution in [3.8, 4) is 11.4 Å². The van der Waals surface area contributed by atoms with Gasteiger partial charge in [-0.05, 0) is 31.2 Å². The van der Waals surface area contributed by atoms with E-state index < -0.39 is 0 Å². The van der Waals surface area contributed by atoms with Gasteiger partial charge in [-0.2, -0.15) is 0 Å². The lowest BCUT2D eigenvalue weighted by atomic mass is 9.95. The SMILES string of the molecule is C=CCn1c(SCc2cc(=O)n3ccsc3n2)nnc1-c1csc2c1CCCC2. The Labute approximate surface area is 180 Å². The molecule has 148 valence electrons. The largest absolute Gasteiger partial charge is 0.298 e. The number of aromatic nitrogens is 5. The molecular weight excluding hydrogens is 422 g/mol. The van der Waals surface area contributed by atoms with Gasteiger partial charge in [0.05, 0.1) is 5.69 Å². The van der Waals surface area contributed by atoms with Crippen molar-refractivity contribution in [3.63, 3.8) is 0 Å². The Bertz CT molecular complexity index is 1250. The lowest BCUT2D eigenvalue weighted by Crippen LogP contribution is -2.12. The molecule has 0 spiro atoms. The maximum atomic E-state index is 12.2. The number of thioether (sulfide) groups is 1. The monoisotopic (exact) mass is 441 g/mol. The number of aryl methyl sites for hydroxylation is 1. The van der Waals surface area contributed by atoms with Crippen molar-refractivity contribution in [1.82, 2.24) is 24.1 Å². The fourth-order valence-electron chi connectivity index (χ4n) is 3.67. The van der Waals surface area contributed by atoms with Crippen molar-refractivity contribution in [2.75, 3.05) is 0 Å². The lowest BCUT2D eigenvalue weighted by Gasteiger charge is -2.13. The third-order valence-electron chi connectivity index (χ3n) is 5.04. The maximum absolute atomic E-state index is 12.2. The molecule has 0 atom stereocenters. The predicted molar refractivity (Wildman–Crippen MR) is 119 cm³/mol. The van der Waals surface area contributed by atoms with Gasteiger partial charge in [-0.15, -0.1) is 39.4 Å². The van der Waals surface area contributed by atoms with Gasteiger partial charge in [-0.3, -0.25) is 13.8 Å². The Kier molecular flexibility index (Phi) is 5.11. The number of thiazole rings is 1. The van der Waals surface area contributed by atoms with E-state index in [1.54, 1.807) is 28.4 Å². The van der Waals surface area contributed by atoms with Crippen LogP contribution in [0.25, 0.3) is 16.3 Å². The number of hydrogen-bond acceptors (Lipinski definition) is 7. The lowest BCUT2D eigenvalue weighted by molar-refractivity contribution is 0.694. The van der Waals surface area contributed by atoms with Gasteiger partial charge < -0.3 is 0 Å². The molecule has 1 aliphatic rings. The molecule has 0 fully saturated rings. The van der Waals surface area contributed by atoms with Gasteiger partial charge in [0.15, 0.2) is 15.9 Å². The Morgan fingerprint density at radius 2 is 2.14 bits per heavy atom. The fraction of sp³-hybridized carbons (Fsp3) is 0.300. The van der Waals surface area contributed by atoms with Gasteiger partial charge in [0.1, 0.15) is 0 Å². The summed E-state index contributed by atoms with van der Waals surface area (Å²) in [6.07, 6.45) is 8.42. The van der Waals surface area contributed by atoms with Crippen molar-refractivity contribution in [3.05, 3.63) is 62.2 Å².